The van der Waals surface area contributed by atoms with Crippen LogP contribution in [0.3, 0.4) is 0 Å². The van der Waals surface area contributed by atoms with E-state index >= 15 is 0 Å². The lowest BCUT2D eigenvalue weighted by molar-refractivity contribution is -0.160. The van der Waals surface area contributed by atoms with Crippen molar-refractivity contribution < 1.29 is 28.2 Å². The Morgan fingerprint density at radius 3 is 2.68 bits per heavy atom. The fourth-order valence-electron chi connectivity index (χ4n) is 5.59. The Balaban J connectivity index is 1.65. The highest BCUT2D eigenvalue weighted by molar-refractivity contribution is 6.07. The van der Waals surface area contributed by atoms with Crippen molar-refractivity contribution in [1.82, 2.24) is 14.5 Å². The van der Waals surface area contributed by atoms with Crippen LogP contribution in [-0.4, -0.2) is 37.8 Å². The summed E-state index contributed by atoms with van der Waals surface area (Å²) in [6.07, 6.45) is 3.00. The number of hydrogen-bond donors (Lipinski definition) is 1. The highest BCUT2D eigenvalue weighted by Gasteiger charge is 2.33. The van der Waals surface area contributed by atoms with Crippen LogP contribution in [0, 0.1) is 18.6 Å². The molecule has 0 aliphatic carbocycles. The van der Waals surface area contributed by atoms with Gasteiger partial charge < -0.3 is 19.1 Å². The van der Waals surface area contributed by atoms with Gasteiger partial charge in [-0.05, 0) is 75.2 Å². The molecule has 9 heteroatoms. The Bertz CT molecular complexity index is 1830. The van der Waals surface area contributed by atoms with Crippen molar-refractivity contribution in [3.63, 3.8) is 0 Å². The van der Waals surface area contributed by atoms with E-state index < -0.39 is 29.3 Å². The van der Waals surface area contributed by atoms with Crippen LogP contribution < -0.4 is 4.74 Å². The summed E-state index contributed by atoms with van der Waals surface area (Å²) in [5.74, 6) is -2.24. The Kier molecular flexibility index (Phi) is 6.49. The van der Waals surface area contributed by atoms with Gasteiger partial charge in [0.2, 0.25) is 0 Å². The number of carbonyl (C=O) groups is 1. The number of aryl methyl sites for hydroxylation is 1. The van der Waals surface area contributed by atoms with Crippen LogP contribution in [0.5, 0.6) is 5.75 Å². The number of carboxylic acids is 1. The quantitative estimate of drug-likeness (QED) is 0.248. The Morgan fingerprint density at radius 1 is 1.15 bits per heavy atom. The van der Waals surface area contributed by atoms with Crippen molar-refractivity contribution in [2.75, 3.05) is 6.61 Å². The fourth-order valence-corrected chi connectivity index (χ4v) is 5.59. The molecule has 1 aliphatic rings. The number of carboxylic acid groups (broad SMARTS) is 1. The molecule has 0 amide bonds. The van der Waals surface area contributed by atoms with Crippen LogP contribution in [0.1, 0.15) is 49.3 Å². The maximum Gasteiger partial charge on any atom is 0.337 e. The lowest BCUT2D eigenvalue weighted by Gasteiger charge is -2.28. The standard InChI is InChI=1S/C32H29F2N3O4/c1-17-25(29(31(38)39)41-32(2,3)4)27(20-6-8-24-26-19(11-14-40-24)9-12-35-28(20)26)21-10-13-37(30(21)36-17)16-18-5-7-22(33)23(34)15-18/h5-10,12-13,15,29H,11,14,16H2,1-4H3,(H,38,39)/t29-/m0/s1. The molecule has 4 heterocycles. The summed E-state index contributed by atoms with van der Waals surface area (Å²) in [7, 11) is 0. The molecular weight excluding hydrogens is 528 g/mol. The second-order valence-electron chi connectivity index (χ2n) is 11.3. The zero-order valence-corrected chi connectivity index (χ0v) is 23.2. The first-order chi connectivity index (χ1) is 19.5. The predicted molar refractivity (Wildman–Crippen MR) is 151 cm³/mol. The molecule has 5 aromatic rings. The van der Waals surface area contributed by atoms with Crippen molar-refractivity contribution in [2.45, 2.75) is 52.4 Å². The van der Waals surface area contributed by atoms with Gasteiger partial charge >= 0.3 is 5.97 Å². The van der Waals surface area contributed by atoms with Crippen molar-refractivity contribution in [2.24, 2.45) is 0 Å². The van der Waals surface area contributed by atoms with Gasteiger partial charge in [-0.15, -0.1) is 0 Å². The van der Waals surface area contributed by atoms with Crippen LogP contribution in [0.4, 0.5) is 8.78 Å². The molecule has 1 aliphatic heterocycles. The topological polar surface area (TPSA) is 86.5 Å². The maximum atomic E-state index is 14.0. The van der Waals surface area contributed by atoms with E-state index in [4.69, 9.17) is 19.4 Å². The zero-order chi connectivity index (χ0) is 29.1. The van der Waals surface area contributed by atoms with E-state index in [1.807, 2.05) is 55.8 Å². The van der Waals surface area contributed by atoms with E-state index in [2.05, 4.69) is 0 Å². The van der Waals surface area contributed by atoms with Gasteiger partial charge in [0.15, 0.2) is 17.7 Å². The molecule has 0 spiro atoms. The van der Waals surface area contributed by atoms with Crippen LogP contribution in [0.2, 0.25) is 0 Å². The summed E-state index contributed by atoms with van der Waals surface area (Å²) < 4.78 is 41.5. The van der Waals surface area contributed by atoms with Crippen molar-refractivity contribution in [1.29, 1.82) is 0 Å². The van der Waals surface area contributed by atoms with Gasteiger partial charge in [-0.2, -0.15) is 0 Å². The molecule has 2 aromatic carbocycles. The van der Waals surface area contributed by atoms with Gasteiger partial charge in [0.25, 0.3) is 0 Å². The van der Waals surface area contributed by atoms with Crippen LogP contribution in [-0.2, 0) is 22.5 Å². The highest BCUT2D eigenvalue weighted by Crippen LogP contribution is 2.44. The van der Waals surface area contributed by atoms with E-state index in [9.17, 15) is 18.7 Å². The summed E-state index contributed by atoms with van der Waals surface area (Å²) in [4.78, 5) is 22.3. The summed E-state index contributed by atoms with van der Waals surface area (Å²) in [6.45, 7) is 8.00. The first kappa shape index (κ1) is 26.8. The van der Waals surface area contributed by atoms with Crippen LogP contribution in [0.25, 0.3) is 33.1 Å². The fraction of sp³-hybridized carbons (Fsp3) is 0.281. The molecule has 210 valence electrons. The number of halogens is 2. The molecule has 41 heavy (non-hydrogen) atoms. The highest BCUT2D eigenvalue weighted by atomic mass is 19.2. The average Bonchev–Trinajstić information content (AvgIpc) is 3.31. The SMILES string of the molecule is Cc1nc2c(ccn2Cc2ccc(F)c(F)c2)c(-c2ccc3c4c(ccnc24)CCO3)c1[C@H](OC(C)(C)C)C(=O)O. The number of fused-ring (bicyclic) bond motifs is 1. The smallest absolute Gasteiger partial charge is 0.337 e. The number of hydrogen-bond acceptors (Lipinski definition) is 5. The first-order valence-electron chi connectivity index (χ1n) is 13.4. The Hall–Kier alpha value is -4.37. The number of ether oxygens (including phenoxy) is 2. The van der Waals surface area contributed by atoms with E-state index in [1.165, 1.54) is 6.07 Å². The summed E-state index contributed by atoms with van der Waals surface area (Å²) >= 11 is 0. The van der Waals surface area contributed by atoms with Crippen molar-refractivity contribution >= 4 is 27.9 Å². The van der Waals surface area contributed by atoms with E-state index in [-0.39, 0.29) is 6.54 Å². The van der Waals surface area contributed by atoms with Gasteiger partial charge in [-0.25, -0.2) is 18.6 Å². The van der Waals surface area contributed by atoms with E-state index in [0.29, 0.717) is 45.5 Å². The van der Waals surface area contributed by atoms with Crippen molar-refractivity contribution in [3.05, 3.63) is 88.9 Å². The average molecular weight is 558 g/mol. The Labute approximate surface area is 235 Å². The van der Waals surface area contributed by atoms with E-state index in [1.54, 1.807) is 13.1 Å². The number of rotatable bonds is 6. The summed E-state index contributed by atoms with van der Waals surface area (Å²) in [6, 6.07) is 11.4. The number of benzene rings is 2. The third-order valence-corrected chi connectivity index (χ3v) is 7.27. The molecule has 1 atom stereocenters. The van der Waals surface area contributed by atoms with Crippen LogP contribution in [0.15, 0.2) is 54.9 Å². The molecule has 0 saturated heterocycles. The third kappa shape index (κ3) is 4.80. The molecule has 0 fully saturated rings. The normalized spacial score (nSPS) is 13.9. The monoisotopic (exact) mass is 557 g/mol. The lowest BCUT2D eigenvalue weighted by atomic mass is 9.89. The minimum absolute atomic E-state index is 0.239. The molecule has 0 saturated carbocycles. The lowest BCUT2D eigenvalue weighted by Crippen LogP contribution is -2.28. The van der Waals surface area contributed by atoms with Gasteiger partial charge in [-0.1, -0.05) is 6.07 Å². The van der Waals surface area contributed by atoms with Gasteiger partial charge in [-0.3, -0.25) is 4.98 Å². The molecule has 0 unspecified atom stereocenters. The van der Waals surface area contributed by atoms with Gasteiger partial charge in [0, 0.05) is 58.5 Å². The molecule has 7 nitrogen and oxygen atoms in total. The largest absolute Gasteiger partial charge is 0.493 e. The minimum Gasteiger partial charge on any atom is -0.493 e. The third-order valence-electron chi connectivity index (χ3n) is 7.27. The molecule has 3 aromatic heterocycles. The predicted octanol–water partition coefficient (Wildman–Crippen LogP) is 6.76. The van der Waals surface area contributed by atoms with Gasteiger partial charge in [0.05, 0.1) is 17.7 Å². The molecule has 0 bridgehead atoms. The molecule has 0 radical (unpaired) electrons. The first-order valence-corrected chi connectivity index (χ1v) is 13.4. The number of aromatic nitrogens is 3. The number of nitrogens with zero attached hydrogens (tertiary/aromatic N) is 3. The maximum absolute atomic E-state index is 14.0. The molecule has 6 rings (SSSR count). The number of aliphatic carboxylic acids is 1. The Morgan fingerprint density at radius 2 is 1.95 bits per heavy atom. The van der Waals surface area contributed by atoms with Crippen molar-refractivity contribution in [3.8, 4) is 16.9 Å². The second kappa shape index (κ2) is 9.92. The summed E-state index contributed by atoms with van der Waals surface area (Å²) in [5, 5.41) is 12.0. The summed E-state index contributed by atoms with van der Waals surface area (Å²) in [5.41, 5.74) is 4.47. The molecular formula is C32H29F2N3O4. The zero-order valence-electron chi connectivity index (χ0n) is 23.2. The second-order valence-corrected chi connectivity index (χ2v) is 11.3. The molecule has 1 N–H and O–H groups in total. The van der Waals surface area contributed by atoms with Crippen LogP contribution >= 0.6 is 0 Å². The minimum atomic E-state index is -1.31. The number of pyridine rings is 2. The van der Waals surface area contributed by atoms with E-state index in [0.717, 1.165) is 40.8 Å². The van der Waals surface area contributed by atoms with Gasteiger partial charge in [0.1, 0.15) is 11.4 Å².